The van der Waals surface area contributed by atoms with Crippen molar-refractivity contribution in [2.45, 2.75) is 18.9 Å². The zero-order valence-electron chi connectivity index (χ0n) is 15.3. The van der Waals surface area contributed by atoms with Crippen LogP contribution in [0.25, 0.3) is 16.9 Å². The maximum atomic E-state index is 13.6. The fourth-order valence-corrected chi connectivity index (χ4v) is 3.31. The van der Waals surface area contributed by atoms with Gasteiger partial charge in [0.05, 0.1) is 37.5 Å². The normalized spacial score (nSPS) is 14.5. The van der Waals surface area contributed by atoms with Crippen molar-refractivity contribution in [3.05, 3.63) is 42.6 Å². The summed E-state index contributed by atoms with van der Waals surface area (Å²) in [6.07, 6.45) is 6.44. The van der Waals surface area contributed by atoms with Crippen LogP contribution in [0.2, 0.25) is 0 Å². The number of piperidine rings is 1. The van der Waals surface area contributed by atoms with E-state index in [1.54, 1.807) is 24.7 Å². The fraction of sp³-hybridized carbons (Fsp3) is 0.316. The average molecular weight is 388 g/mol. The lowest BCUT2D eigenvalue weighted by atomic mass is 10.1. The van der Waals surface area contributed by atoms with E-state index in [0.29, 0.717) is 11.4 Å². The molecule has 0 unspecified atom stereocenters. The maximum Gasteiger partial charge on any atom is 0.290 e. The summed E-state index contributed by atoms with van der Waals surface area (Å²) in [5.41, 5.74) is 2.29. The molecule has 0 atom stereocenters. The van der Waals surface area contributed by atoms with Gasteiger partial charge >= 0.3 is 0 Å². The van der Waals surface area contributed by atoms with Crippen LogP contribution in [0.1, 0.15) is 12.8 Å². The first-order chi connectivity index (χ1) is 13.6. The Labute approximate surface area is 160 Å². The summed E-state index contributed by atoms with van der Waals surface area (Å²) in [6.45, 7) is 1.25. The second kappa shape index (κ2) is 8.66. The molecule has 0 radical (unpaired) electrons. The number of ether oxygens (including phenoxy) is 1. The largest absolute Gasteiger partial charge is 0.496 e. The molecule has 148 valence electrons. The Morgan fingerprint density at radius 1 is 1.25 bits per heavy atom. The summed E-state index contributed by atoms with van der Waals surface area (Å²) >= 11 is 0. The third-order valence-corrected chi connectivity index (χ3v) is 4.63. The highest BCUT2D eigenvalue weighted by molar-refractivity contribution is 5.72. The third kappa shape index (κ3) is 3.89. The van der Waals surface area contributed by atoms with Crippen LogP contribution < -0.4 is 9.64 Å². The smallest absolute Gasteiger partial charge is 0.290 e. The van der Waals surface area contributed by atoms with Crippen molar-refractivity contribution in [2.75, 3.05) is 25.1 Å². The summed E-state index contributed by atoms with van der Waals surface area (Å²) in [5.74, 6) is 1.02. The first kappa shape index (κ1) is 19.6. The predicted molar refractivity (Wildman–Crippen MR) is 101 cm³/mol. The van der Waals surface area contributed by atoms with Gasteiger partial charge < -0.3 is 19.8 Å². The molecule has 0 aliphatic carbocycles. The lowest BCUT2D eigenvalue weighted by Crippen LogP contribution is -2.36. The molecule has 2 aromatic heterocycles. The van der Waals surface area contributed by atoms with Crippen molar-refractivity contribution in [3.63, 3.8) is 0 Å². The Morgan fingerprint density at radius 2 is 1.96 bits per heavy atom. The third-order valence-electron chi connectivity index (χ3n) is 4.63. The van der Waals surface area contributed by atoms with Gasteiger partial charge in [-0.3, -0.25) is 14.2 Å². The van der Waals surface area contributed by atoms with Gasteiger partial charge in [-0.05, 0) is 25.0 Å². The van der Waals surface area contributed by atoms with Crippen molar-refractivity contribution in [2.24, 2.45) is 0 Å². The highest BCUT2D eigenvalue weighted by Gasteiger charge is 2.22. The zero-order chi connectivity index (χ0) is 20.1. The lowest BCUT2D eigenvalue weighted by molar-refractivity contribution is -0.122. The van der Waals surface area contributed by atoms with E-state index >= 15 is 0 Å². The van der Waals surface area contributed by atoms with E-state index in [9.17, 15) is 9.50 Å². The minimum Gasteiger partial charge on any atom is -0.496 e. The van der Waals surface area contributed by atoms with Gasteiger partial charge in [0.15, 0.2) is 5.65 Å². The number of halogens is 1. The highest BCUT2D eigenvalue weighted by Crippen LogP contribution is 2.33. The van der Waals surface area contributed by atoms with Gasteiger partial charge in [-0.15, -0.1) is 0 Å². The molecule has 2 N–H and O–H groups in total. The maximum absolute atomic E-state index is 13.6. The molecule has 0 saturated carbocycles. The molecular weight excluding hydrogens is 367 g/mol. The number of carboxylic acid groups (broad SMARTS) is 1. The Balaban J connectivity index is 0.000000706. The van der Waals surface area contributed by atoms with Gasteiger partial charge in [-0.2, -0.15) is 0 Å². The van der Waals surface area contributed by atoms with E-state index in [2.05, 4.69) is 14.9 Å². The number of imidazole rings is 1. The van der Waals surface area contributed by atoms with Crippen LogP contribution in [0.4, 0.5) is 10.2 Å². The minimum atomic E-state index is -0.346. The van der Waals surface area contributed by atoms with Gasteiger partial charge in [0, 0.05) is 24.7 Å². The highest BCUT2D eigenvalue weighted by atomic mass is 19.1. The molecule has 0 bridgehead atoms. The quantitative estimate of drug-likeness (QED) is 0.664. The Kier molecular flexibility index (Phi) is 6.05. The summed E-state index contributed by atoms with van der Waals surface area (Å²) in [7, 11) is 1.52. The molecule has 8 nitrogen and oxygen atoms in total. The van der Waals surface area contributed by atoms with E-state index in [-0.39, 0.29) is 18.4 Å². The molecule has 28 heavy (non-hydrogen) atoms. The second-order valence-corrected chi connectivity index (χ2v) is 6.27. The molecule has 0 amide bonds. The van der Waals surface area contributed by atoms with Crippen LogP contribution in [-0.4, -0.2) is 57.4 Å². The molecule has 1 aromatic carbocycles. The number of fused-ring (bicyclic) bond motifs is 1. The van der Waals surface area contributed by atoms with Crippen LogP contribution in [-0.2, 0) is 4.79 Å². The fourth-order valence-electron chi connectivity index (χ4n) is 3.31. The summed E-state index contributed by atoms with van der Waals surface area (Å²) in [5, 5.41) is 16.6. The topological polar surface area (TPSA) is 100 Å². The predicted octanol–water partition coefficient (Wildman–Crippen LogP) is 2.21. The number of aromatic nitrogens is 3. The number of rotatable bonds is 3. The van der Waals surface area contributed by atoms with E-state index in [1.807, 2.05) is 4.40 Å². The van der Waals surface area contributed by atoms with Gasteiger partial charge in [0.25, 0.3) is 6.47 Å². The number of nitrogens with zero attached hydrogens (tertiary/aromatic N) is 4. The number of aliphatic hydroxyl groups is 1. The average Bonchev–Trinajstić information content (AvgIpc) is 3.13. The van der Waals surface area contributed by atoms with Crippen molar-refractivity contribution in [3.8, 4) is 17.0 Å². The van der Waals surface area contributed by atoms with E-state index in [4.69, 9.17) is 14.6 Å². The first-order valence-electron chi connectivity index (χ1n) is 8.75. The van der Waals surface area contributed by atoms with Crippen LogP contribution in [0.5, 0.6) is 5.75 Å². The standard InChI is InChI=1S/C18H19FN4O2.CH2O2/c1-25-16-8-12(19)2-3-14(16)15-9-21-17-10-20-11-18(23(15)17)22-6-4-13(24)5-7-22;2-1-3/h2-3,8-11,13,24H,4-7H2,1H3;1H,(H,2,3). The number of aliphatic hydroxyl groups excluding tert-OH is 1. The second-order valence-electron chi connectivity index (χ2n) is 6.27. The van der Waals surface area contributed by atoms with Crippen molar-refractivity contribution >= 4 is 17.9 Å². The molecule has 0 spiro atoms. The van der Waals surface area contributed by atoms with Crippen molar-refractivity contribution < 1.29 is 24.1 Å². The molecular formula is C19H21FN4O4. The zero-order valence-corrected chi connectivity index (χ0v) is 15.3. The van der Waals surface area contributed by atoms with E-state index in [0.717, 1.165) is 43.0 Å². The minimum absolute atomic E-state index is 0.247. The molecule has 1 fully saturated rings. The summed E-state index contributed by atoms with van der Waals surface area (Å²) < 4.78 is 20.9. The molecule has 9 heteroatoms. The monoisotopic (exact) mass is 388 g/mol. The molecule has 3 aromatic rings. The SMILES string of the molecule is COc1cc(F)ccc1-c1cnc2cncc(N3CCC(O)CC3)n12.O=CO. The van der Waals surface area contributed by atoms with Crippen LogP contribution in [0, 0.1) is 5.82 Å². The molecule has 3 heterocycles. The van der Waals surface area contributed by atoms with Gasteiger partial charge in [-0.25, -0.2) is 9.37 Å². The number of anilines is 1. The Morgan fingerprint density at radius 3 is 2.64 bits per heavy atom. The first-order valence-corrected chi connectivity index (χ1v) is 8.75. The van der Waals surface area contributed by atoms with E-state index < -0.39 is 0 Å². The number of hydrogen-bond acceptors (Lipinski definition) is 6. The lowest BCUT2D eigenvalue weighted by Gasteiger charge is -2.31. The van der Waals surface area contributed by atoms with Gasteiger partial charge in [0.2, 0.25) is 0 Å². The van der Waals surface area contributed by atoms with Crippen molar-refractivity contribution in [1.29, 1.82) is 0 Å². The molecule has 1 aliphatic rings. The molecule has 1 saturated heterocycles. The number of carbonyl (C=O) groups is 1. The van der Waals surface area contributed by atoms with Gasteiger partial charge in [-0.1, -0.05) is 0 Å². The van der Waals surface area contributed by atoms with Crippen molar-refractivity contribution in [1.82, 2.24) is 14.4 Å². The van der Waals surface area contributed by atoms with E-state index in [1.165, 1.54) is 19.2 Å². The Bertz CT molecular complexity index is 954. The number of benzene rings is 1. The van der Waals surface area contributed by atoms with Crippen LogP contribution in [0.3, 0.4) is 0 Å². The summed E-state index contributed by atoms with van der Waals surface area (Å²) in [4.78, 5) is 19.3. The van der Waals surface area contributed by atoms with Crippen LogP contribution >= 0.6 is 0 Å². The van der Waals surface area contributed by atoms with Gasteiger partial charge in [0.1, 0.15) is 17.4 Å². The summed E-state index contributed by atoms with van der Waals surface area (Å²) in [6, 6.07) is 4.48. The number of methoxy groups -OCH3 is 1. The Hall–Kier alpha value is -3.20. The molecule has 1 aliphatic heterocycles. The molecule has 4 rings (SSSR count). The number of hydrogen-bond donors (Lipinski definition) is 2. The van der Waals surface area contributed by atoms with Crippen LogP contribution in [0.15, 0.2) is 36.8 Å².